The molecule has 0 unspecified atom stereocenters. The van der Waals surface area contributed by atoms with Crippen LogP contribution < -0.4 is 0 Å². The maximum atomic E-state index is 12.6. The van der Waals surface area contributed by atoms with Crippen molar-refractivity contribution in [2.45, 2.75) is 104 Å². The fraction of sp³-hybridized carbons (Fsp3) is 0.471. The highest BCUT2D eigenvalue weighted by Crippen LogP contribution is 2.24. The number of aromatic nitrogens is 4. The van der Waals surface area contributed by atoms with Crippen molar-refractivity contribution < 1.29 is 9.59 Å². The zero-order valence-corrected chi connectivity index (χ0v) is 27.3. The first-order chi connectivity index (χ1) is 19.8. The van der Waals surface area contributed by atoms with E-state index in [1.54, 1.807) is 0 Å². The average molecular weight is 603 g/mol. The van der Waals surface area contributed by atoms with Crippen LogP contribution in [0.5, 0.6) is 0 Å². The van der Waals surface area contributed by atoms with Crippen molar-refractivity contribution in [2.24, 2.45) is 0 Å². The molecule has 8 heteroatoms. The molecule has 0 aliphatic heterocycles. The first kappa shape index (κ1) is 31.8. The molecule has 4 aromatic rings. The summed E-state index contributed by atoms with van der Waals surface area (Å²) in [5.74, 6) is 0.315. The van der Waals surface area contributed by atoms with E-state index in [4.69, 9.17) is 0 Å². The quantitative estimate of drug-likeness (QED) is 0.150. The summed E-state index contributed by atoms with van der Waals surface area (Å²) in [6.07, 6.45) is 5.07. The van der Waals surface area contributed by atoms with Crippen LogP contribution in [0.1, 0.15) is 96.7 Å². The predicted molar refractivity (Wildman–Crippen MR) is 172 cm³/mol. The van der Waals surface area contributed by atoms with Gasteiger partial charge in [0.15, 0.2) is 0 Å². The van der Waals surface area contributed by atoms with Crippen LogP contribution in [0, 0.1) is 0 Å². The predicted octanol–water partition coefficient (Wildman–Crippen LogP) is 7.26. The summed E-state index contributed by atoms with van der Waals surface area (Å²) in [6.45, 7) is 13.1. The Hall–Kier alpha value is -3.10. The van der Waals surface area contributed by atoms with Gasteiger partial charge in [-0.25, -0.2) is 0 Å². The van der Waals surface area contributed by atoms with Gasteiger partial charge in [0, 0.05) is 25.7 Å². The lowest BCUT2D eigenvalue weighted by molar-refractivity contribution is -0.118. The summed E-state index contributed by atoms with van der Waals surface area (Å²) >= 11 is 3.06. The van der Waals surface area contributed by atoms with Crippen LogP contribution in [0.2, 0.25) is 0 Å². The highest BCUT2D eigenvalue weighted by atomic mass is 32.1. The van der Waals surface area contributed by atoms with E-state index >= 15 is 0 Å². The normalized spacial score (nSPS) is 12.0. The van der Waals surface area contributed by atoms with E-state index in [9.17, 15) is 9.59 Å². The Morgan fingerprint density at radius 1 is 0.524 bits per heavy atom. The molecule has 42 heavy (non-hydrogen) atoms. The van der Waals surface area contributed by atoms with E-state index in [0.717, 1.165) is 56.8 Å². The molecule has 0 spiro atoms. The van der Waals surface area contributed by atoms with Crippen molar-refractivity contribution in [3.8, 4) is 0 Å². The molecule has 0 aliphatic carbocycles. The molecular weight excluding hydrogens is 561 g/mol. The molecule has 0 amide bonds. The SMILES string of the molecule is CC(C)(C)c1ccc(CC(=O)Cc2nnc(CCCCc3nnc(CC(=O)Cc4ccc(C(C)(C)C)cc4)s3)s2)cc1. The smallest absolute Gasteiger partial charge is 0.144 e. The average Bonchev–Trinajstić information content (AvgIpc) is 3.55. The number of Topliss-reactive ketones (excluding diaryl/α,β-unsaturated/α-hetero) is 2. The maximum Gasteiger partial charge on any atom is 0.144 e. The topological polar surface area (TPSA) is 85.7 Å². The van der Waals surface area contributed by atoms with Crippen LogP contribution >= 0.6 is 22.7 Å². The number of ketones is 2. The van der Waals surface area contributed by atoms with E-state index in [2.05, 4.69) is 110 Å². The number of unbranched alkanes of at least 4 members (excludes halogenated alkanes) is 1. The van der Waals surface area contributed by atoms with Crippen molar-refractivity contribution in [2.75, 3.05) is 0 Å². The monoisotopic (exact) mass is 602 g/mol. The second kappa shape index (κ2) is 13.9. The van der Waals surface area contributed by atoms with Gasteiger partial charge in [-0.15, -0.1) is 43.1 Å². The molecule has 0 saturated heterocycles. The lowest BCUT2D eigenvalue weighted by Gasteiger charge is -2.19. The summed E-state index contributed by atoms with van der Waals surface area (Å²) in [5, 5.41) is 20.6. The van der Waals surface area contributed by atoms with E-state index in [-0.39, 0.29) is 22.4 Å². The van der Waals surface area contributed by atoms with Crippen molar-refractivity contribution >= 4 is 34.2 Å². The molecule has 222 valence electrons. The molecule has 2 aromatic heterocycles. The standard InChI is InChI=1S/C34H42N4O2S2/c1-33(2,3)25-15-11-23(12-16-25)19-27(39)21-31-37-35-29(41-31)9-7-8-10-30-36-38-32(42-30)22-28(40)20-24-13-17-26(18-14-24)34(4,5)6/h11-18H,7-10,19-22H2,1-6H3. The molecular formula is C34H42N4O2S2. The van der Waals surface area contributed by atoms with Gasteiger partial charge in [-0.2, -0.15) is 0 Å². The van der Waals surface area contributed by atoms with Crippen molar-refractivity contribution in [1.29, 1.82) is 0 Å². The van der Waals surface area contributed by atoms with Gasteiger partial charge >= 0.3 is 0 Å². The van der Waals surface area contributed by atoms with Gasteiger partial charge in [0.2, 0.25) is 0 Å². The molecule has 0 saturated carbocycles. The van der Waals surface area contributed by atoms with E-state index < -0.39 is 0 Å². The van der Waals surface area contributed by atoms with Gasteiger partial charge in [-0.05, 0) is 45.9 Å². The van der Waals surface area contributed by atoms with Crippen LogP contribution in [0.4, 0.5) is 0 Å². The summed E-state index contributed by atoms with van der Waals surface area (Å²) < 4.78 is 0. The Morgan fingerprint density at radius 3 is 1.19 bits per heavy atom. The Bertz CT molecular complexity index is 1360. The minimum absolute atomic E-state index is 0.103. The third-order valence-corrected chi connectivity index (χ3v) is 9.15. The summed E-state index contributed by atoms with van der Waals surface area (Å²) in [7, 11) is 0. The number of carbonyl (C=O) groups is 2. The number of rotatable bonds is 13. The van der Waals surface area contributed by atoms with Gasteiger partial charge in [0.05, 0.1) is 12.8 Å². The number of aryl methyl sites for hydroxylation is 2. The zero-order chi connectivity index (χ0) is 30.3. The maximum absolute atomic E-state index is 12.6. The molecule has 0 bridgehead atoms. The molecule has 2 aromatic carbocycles. The minimum atomic E-state index is 0.103. The van der Waals surface area contributed by atoms with Crippen LogP contribution in [-0.4, -0.2) is 32.0 Å². The Kier molecular flexibility index (Phi) is 10.5. The molecule has 4 rings (SSSR count). The highest BCUT2D eigenvalue weighted by Gasteiger charge is 2.16. The van der Waals surface area contributed by atoms with Crippen molar-refractivity contribution in [1.82, 2.24) is 20.4 Å². The minimum Gasteiger partial charge on any atom is -0.299 e. The Morgan fingerprint density at radius 2 is 0.857 bits per heavy atom. The molecule has 0 aliphatic rings. The van der Waals surface area contributed by atoms with Crippen LogP contribution in [0.25, 0.3) is 0 Å². The van der Waals surface area contributed by atoms with Crippen LogP contribution in [0.15, 0.2) is 48.5 Å². The first-order valence-corrected chi connectivity index (χ1v) is 16.3. The summed E-state index contributed by atoms with van der Waals surface area (Å²) in [4.78, 5) is 25.2. The van der Waals surface area contributed by atoms with Gasteiger partial charge < -0.3 is 0 Å². The molecule has 0 atom stereocenters. The number of hydrogen-bond acceptors (Lipinski definition) is 8. The van der Waals surface area contributed by atoms with E-state index in [1.165, 1.54) is 33.8 Å². The fourth-order valence-electron chi connectivity index (χ4n) is 4.64. The number of hydrogen-bond donors (Lipinski definition) is 0. The van der Waals surface area contributed by atoms with Gasteiger partial charge in [-0.3, -0.25) is 9.59 Å². The lowest BCUT2D eigenvalue weighted by atomic mass is 9.86. The summed E-state index contributed by atoms with van der Waals surface area (Å²) in [6, 6.07) is 16.7. The second-order valence-electron chi connectivity index (χ2n) is 13.1. The molecule has 0 fully saturated rings. The molecule has 0 N–H and O–H groups in total. The number of carbonyl (C=O) groups excluding carboxylic acids is 2. The van der Waals surface area contributed by atoms with Gasteiger partial charge in [0.25, 0.3) is 0 Å². The first-order valence-electron chi connectivity index (χ1n) is 14.7. The highest BCUT2D eigenvalue weighted by molar-refractivity contribution is 7.11. The van der Waals surface area contributed by atoms with Crippen LogP contribution in [0.3, 0.4) is 0 Å². The van der Waals surface area contributed by atoms with Gasteiger partial charge in [0.1, 0.15) is 31.6 Å². The van der Waals surface area contributed by atoms with Crippen molar-refractivity contribution in [3.63, 3.8) is 0 Å². The number of nitrogens with zero attached hydrogens (tertiary/aromatic N) is 4. The third-order valence-electron chi connectivity index (χ3n) is 7.19. The lowest BCUT2D eigenvalue weighted by Crippen LogP contribution is -2.11. The Labute approximate surface area is 258 Å². The largest absolute Gasteiger partial charge is 0.299 e. The van der Waals surface area contributed by atoms with Crippen molar-refractivity contribution in [3.05, 3.63) is 90.8 Å². The molecule has 2 heterocycles. The van der Waals surface area contributed by atoms with E-state index in [1.807, 2.05) is 0 Å². The molecule has 6 nitrogen and oxygen atoms in total. The van der Waals surface area contributed by atoms with Crippen LogP contribution in [-0.2, 0) is 58.9 Å². The summed E-state index contributed by atoms with van der Waals surface area (Å²) in [5.41, 5.74) is 4.81. The van der Waals surface area contributed by atoms with E-state index in [0.29, 0.717) is 25.7 Å². The number of benzene rings is 2. The molecule has 0 radical (unpaired) electrons. The van der Waals surface area contributed by atoms with Gasteiger partial charge in [-0.1, -0.05) is 90.1 Å². The fourth-order valence-corrected chi connectivity index (χ4v) is 6.47. The zero-order valence-electron chi connectivity index (χ0n) is 25.7. The Balaban J connectivity index is 1.15. The second-order valence-corrected chi connectivity index (χ2v) is 15.4. The third kappa shape index (κ3) is 9.73.